The number of rotatable bonds is 6. The summed E-state index contributed by atoms with van der Waals surface area (Å²) in [6, 6.07) is 7.50. The van der Waals surface area contributed by atoms with Gasteiger partial charge >= 0.3 is 0 Å². The Bertz CT molecular complexity index is 571. The van der Waals surface area contributed by atoms with Crippen LogP contribution in [0.4, 0.5) is 0 Å². The first-order chi connectivity index (χ1) is 10.1. The first-order valence-corrected chi connectivity index (χ1v) is 8.73. The van der Waals surface area contributed by atoms with E-state index in [0.717, 1.165) is 18.4 Å². The lowest BCUT2D eigenvalue weighted by Gasteiger charge is -2.13. The Morgan fingerprint density at radius 1 is 1.29 bits per heavy atom. The smallest absolute Gasteiger partial charge is 0.266 e. The van der Waals surface area contributed by atoms with Crippen LogP contribution in [0.2, 0.25) is 5.02 Å². The van der Waals surface area contributed by atoms with Crippen molar-refractivity contribution in [3.8, 4) is 0 Å². The largest absolute Gasteiger partial charge is 0.293 e. The Kier molecular flexibility index (Phi) is 6.27. The maximum atomic E-state index is 12.4. The second-order valence-corrected chi connectivity index (χ2v) is 7.00. The summed E-state index contributed by atoms with van der Waals surface area (Å²) in [6.07, 6.45) is 6.35. The summed E-state index contributed by atoms with van der Waals surface area (Å²) in [5, 5.41) is 0.644. The molecule has 0 saturated carbocycles. The van der Waals surface area contributed by atoms with Crippen molar-refractivity contribution in [3.63, 3.8) is 0 Å². The second kappa shape index (κ2) is 7.97. The molecule has 1 aliphatic heterocycles. The lowest BCUT2D eigenvalue weighted by molar-refractivity contribution is -0.122. The minimum atomic E-state index is 0.00131. The number of benzene rings is 1. The molecular formula is C16H18ClNOS2. The van der Waals surface area contributed by atoms with Crippen LogP contribution in [-0.2, 0) is 4.79 Å². The Morgan fingerprint density at radius 3 is 2.76 bits per heavy atom. The van der Waals surface area contributed by atoms with E-state index in [1.54, 1.807) is 4.90 Å². The summed E-state index contributed by atoms with van der Waals surface area (Å²) in [4.78, 5) is 14.8. The number of carbonyl (C=O) groups excluding carboxylic acids is 1. The van der Waals surface area contributed by atoms with Crippen LogP contribution in [-0.4, -0.2) is 21.7 Å². The van der Waals surface area contributed by atoms with Gasteiger partial charge in [-0.15, -0.1) is 0 Å². The molecule has 1 aliphatic rings. The van der Waals surface area contributed by atoms with Gasteiger partial charge in [0.25, 0.3) is 5.91 Å². The van der Waals surface area contributed by atoms with E-state index in [0.29, 0.717) is 20.8 Å². The summed E-state index contributed by atoms with van der Waals surface area (Å²) in [5.74, 6) is 0.00131. The number of hydrogen-bond donors (Lipinski definition) is 0. The molecule has 0 radical (unpaired) electrons. The molecule has 0 bridgehead atoms. The van der Waals surface area contributed by atoms with E-state index in [9.17, 15) is 4.79 Å². The molecule has 1 heterocycles. The normalized spacial score (nSPS) is 17.0. The quantitative estimate of drug-likeness (QED) is 0.407. The third-order valence-electron chi connectivity index (χ3n) is 3.30. The molecule has 1 saturated heterocycles. The predicted octanol–water partition coefficient (Wildman–Crippen LogP) is 5.12. The third-order valence-corrected chi connectivity index (χ3v) is 5.02. The number of halogens is 1. The van der Waals surface area contributed by atoms with Gasteiger partial charge in [0.05, 0.1) is 4.91 Å². The molecule has 21 heavy (non-hydrogen) atoms. The van der Waals surface area contributed by atoms with Crippen molar-refractivity contribution in [3.05, 3.63) is 39.8 Å². The highest BCUT2D eigenvalue weighted by Gasteiger charge is 2.31. The standard InChI is InChI=1S/C16H18ClNOS2/c1-2-3-4-7-10-18-15(19)14(21-16(18)20)11-12-8-5-6-9-13(12)17/h5-6,8-9,11H,2-4,7,10H2,1H3/b14-11-. The molecule has 1 fully saturated rings. The van der Waals surface area contributed by atoms with E-state index in [2.05, 4.69) is 6.92 Å². The zero-order chi connectivity index (χ0) is 15.2. The maximum absolute atomic E-state index is 12.4. The lowest BCUT2D eigenvalue weighted by Crippen LogP contribution is -2.28. The number of nitrogens with zero attached hydrogens (tertiary/aromatic N) is 1. The fourth-order valence-corrected chi connectivity index (χ4v) is 3.61. The number of amides is 1. The number of thioether (sulfide) groups is 1. The summed E-state index contributed by atoms with van der Waals surface area (Å²) in [7, 11) is 0. The van der Waals surface area contributed by atoms with Crippen molar-refractivity contribution in [1.82, 2.24) is 4.90 Å². The molecule has 0 spiro atoms. The minimum absolute atomic E-state index is 0.00131. The number of thiocarbonyl (C=S) groups is 1. The van der Waals surface area contributed by atoms with Crippen molar-refractivity contribution in [2.24, 2.45) is 0 Å². The number of unbranched alkanes of at least 4 members (excludes halogenated alkanes) is 3. The van der Waals surface area contributed by atoms with Gasteiger partial charge in [0, 0.05) is 11.6 Å². The van der Waals surface area contributed by atoms with Crippen LogP contribution < -0.4 is 0 Å². The predicted molar refractivity (Wildman–Crippen MR) is 95.5 cm³/mol. The minimum Gasteiger partial charge on any atom is -0.293 e. The number of hydrogen-bond acceptors (Lipinski definition) is 3. The molecule has 0 aromatic heterocycles. The molecule has 0 unspecified atom stereocenters. The summed E-state index contributed by atoms with van der Waals surface area (Å²) < 4.78 is 0.648. The van der Waals surface area contributed by atoms with Crippen molar-refractivity contribution in [2.75, 3.05) is 6.54 Å². The van der Waals surface area contributed by atoms with Gasteiger partial charge in [0.2, 0.25) is 0 Å². The average Bonchev–Trinajstić information content (AvgIpc) is 2.73. The SMILES string of the molecule is CCCCCCN1C(=O)/C(=C/c2ccccc2Cl)SC1=S. The van der Waals surface area contributed by atoms with Gasteiger partial charge in [-0.1, -0.05) is 80.0 Å². The molecule has 1 amide bonds. The van der Waals surface area contributed by atoms with Crippen molar-refractivity contribution in [2.45, 2.75) is 32.6 Å². The molecule has 5 heteroatoms. The molecule has 0 N–H and O–H groups in total. The molecular weight excluding hydrogens is 322 g/mol. The Hall–Kier alpha value is -0.840. The van der Waals surface area contributed by atoms with Gasteiger partial charge in [-0.3, -0.25) is 9.69 Å². The van der Waals surface area contributed by atoms with E-state index in [1.807, 2.05) is 30.3 Å². The van der Waals surface area contributed by atoms with Gasteiger partial charge in [0.15, 0.2) is 0 Å². The maximum Gasteiger partial charge on any atom is 0.266 e. The van der Waals surface area contributed by atoms with Crippen LogP contribution in [0.25, 0.3) is 6.08 Å². The van der Waals surface area contributed by atoms with E-state index < -0.39 is 0 Å². The Balaban J connectivity index is 2.06. The topological polar surface area (TPSA) is 20.3 Å². The average molecular weight is 340 g/mol. The highest BCUT2D eigenvalue weighted by molar-refractivity contribution is 8.26. The molecule has 1 aromatic rings. The summed E-state index contributed by atoms with van der Waals surface area (Å²) >= 11 is 12.8. The van der Waals surface area contributed by atoms with Crippen LogP contribution in [0.1, 0.15) is 38.2 Å². The molecule has 1 aromatic carbocycles. The van der Waals surface area contributed by atoms with Gasteiger partial charge in [-0.25, -0.2) is 0 Å². The number of carbonyl (C=O) groups is 1. The third kappa shape index (κ3) is 4.31. The van der Waals surface area contributed by atoms with Crippen LogP contribution in [0.15, 0.2) is 29.2 Å². The highest BCUT2D eigenvalue weighted by atomic mass is 35.5. The van der Waals surface area contributed by atoms with E-state index in [4.69, 9.17) is 23.8 Å². The Morgan fingerprint density at radius 2 is 2.05 bits per heavy atom. The van der Waals surface area contributed by atoms with E-state index in [-0.39, 0.29) is 5.91 Å². The van der Waals surface area contributed by atoms with E-state index in [1.165, 1.54) is 24.6 Å². The fraction of sp³-hybridized carbons (Fsp3) is 0.375. The molecule has 2 rings (SSSR count). The molecule has 0 atom stereocenters. The van der Waals surface area contributed by atoms with Crippen LogP contribution in [0.5, 0.6) is 0 Å². The van der Waals surface area contributed by atoms with Gasteiger partial charge in [-0.2, -0.15) is 0 Å². The van der Waals surface area contributed by atoms with Crippen LogP contribution in [0, 0.1) is 0 Å². The molecule has 2 nitrogen and oxygen atoms in total. The summed E-state index contributed by atoms with van der Waals surface area (Å²) in [6.45, 7) is 2.89. The molecule has 112 valence electrons. The van der Waals surface area contributed by atoms with Crippen molar-refractivity contribution < 1.29 is 4.79 Å². The monoisotopic (exact) mass is 339 g/mol. The van der Waals surface area contributed by atoms with Gasteiger partial charge in [0.1, 0.15) is 4.32 Å². The van der Waals surface area contributed by atoms with Crippen molar-refractivity contribution in [1.29, 1.82) is 0 Å². The fourth-order valence-electron chi connectivity index (χ4n) is 2.12. The van der Waals surface area contributed by atoms with E-state index >= 15 is 0 Å². The highest BCUT2D eigenvalue weighted by Crippen LogP contribution is 2.33. The first-order valence-electron chi connectivity index (χ1n) is 7.13. The second-order valence-electron chi connectivity index (χ2n) is 4.92. The summed E-state index contributed by atoms with van der Waals surface area (Å²) in [5.41, 5.74) is 0.852. The van der Waals surface area contributed by atoms with Gasteiger partial charge in [-0.05, 0) is 24.1 Å². The zero-order valence-electron chi connectivity index (χ0n) is 12.0. The zero-order valence-corrected chi connectivity index (χ0v) is 14.4. The van der Waals surface area contributed by atoms with Crippen LogP contribution >= 0.6 is 35.6 Å². The lowest BCUT2D eigenvalue weighted by atomic mass is 10.2. The van der Waals surface area contributed by atoms with Crippen LogP contribution in [0.3, 0.4) is 0 Å². The molecule has 0 aliphatic carbocycles. The van der Waals surface area contributed by atoms with Crippen molar-refractivity contribution >= 4 is 51.9 Å². The first kappa shape index (κ1) is 16.5. The Labute approximate surface area is 140 Å². The van der Waals surface area contributed by atoms with Gasteiger partial charge < -0.3 is 0 Å².